The van der Waals surface area contributed by atoms with Crippen LogP contribution in [0.3, 0.4) is 0 Å². The summed E-state index contributed by atoms with van der Waals surface area (Å²) in [5.74, 6) is 0.784. The fourth-order valence-corrected chi connectivity index (χ4v) is 10.0. The third-order valence-corrected chi connectivity index (χ3v) is 13.2. The van der Waals surface area contributed by atoms with Crippen molar-refractivity contribution < 1.29 is 31.9 Å². The summed E-state index contributed by atoms with van der Waals surface area (Å²) in [7, 11) is -2.02. The van der Waals surface area contributed by atoms with Crippen molar-refractivity contribution in [2.24, 2.45) is 11.3 Å². The van der Waals surface area contributed by atoms with Crippen LogP contribution in [0.2, 0.25) is 0 Å². The van der Waals surface area contributed by atoms with Gasteiger partial charge in [0.2, 0.25) is 5.91 Å². The number of methoxy groups -OCH3 is 1. The molecule has 16 heteroatoms. The topological polar surface area (TPSA) is 132 Å². The van der Waals surface area contributed by atoms with Gasteiger partial charge >= 0.3 is 0 Å². The molecule has 0 radical (unpaired) electrons. The Morgan fingerprint density at radius 2 is 1.69 bits per heavy atom. The van der Waals surface area contributed by atoms with Crippen molar-refractivity contribution in [1.29, 1.82) is 0 Å². The van der Waals surface area contributed by atoms with Crippen molar-refractivity contribution in [3.8, 4) is 11.5 Å². The number of benzene rings is 1. The smallest absolute Gasteiger partial charge is 0.282 e. The van der Waals surface area contributed by atoms with Crippen molar-refractivity contribution >= 4 is 27.8 Å². The van der Waals surface area contributed by atoms with Crippen molar-refractivity contribution in [3.63, 3.8) is 0 Å². The standard InChI is InChI=1S/C38H55FN8O6S/c1-28(2)47(29(3)4)37(49)32-21-31(39)8-9-33(32)53-34-22-40-27-41-36(34)44-13-10-30(24-44)23-42-25-38(26-42)11-14-45(15-12-38)54(50,51)46-18-16-43(17-19-46)35(48)7-6-20-52-5/h6-9,21-22,27-30H,10-20,23-26H2,1-5H3/b7-6+. The number of halogens is 1. The predicted octanol–water partition coefficient (Wildman–Crippen LogP) is 3.48. The Bertz CT molecular complexity index is 1760. The third-order valence-electron chi connectivity index (χ3n) is 11.1. The number of hydrogen-bond donors (Lipinski definition) is 0. The molecule has 0 N–H and O–H groups in total. The molecule has 54 heavy (non-hydrogen) atoms. The minimum Gasteiger partial charge on any atom is -0.451 e. The molecule has 1 unspecified atom stereocenters. The van der Waals surface area contributed by atoms with E-state index in [9.17, 15) is 22.4 Å². The zero-order valence-electron chi connectivity index (χ0n) is 32.2. The number of hydrogen-bond acceptors (Lipinski definition) is 10. The van der Waals surface area contributed by atoms with E-state index in [0.29, 0.717) is 63.4 Å². The SMILES string of the molecule is COC/C=C/C(=O)N1CCN(S(=O)(=O)N2CCC3(CC2)CN(CC2CCN(c4ncncc4Oc4ccc(F)cc4C(=O)N(C(C)C)C(C)C)C2)C3)CC1. The van der Waals surface area contributed by atoms with Gasteiger partial charge in [0, 0.05) is 97.3 Å². The number of piperidine rings is 1. The summed E-state index contributed by atoms with van der Waals surface area (Å²) < 4.78 is 55.8. The average Bonchev–Trinajstić information content (AvgIpc) is 3.60. The lowest BCUT2D eigenvalue weighted by Crippen LogP contribution is -2.62. The lowest BCUT2D eigenvalue weighted by molar-refractivity contribution is -0.127. The Morgan fingerprint density at radius 1 is 1.00 bits per heavy atom. The number of likely N-dealkylation sites (tertiary alicyclic amines) is 1. The number of piperazine rings is 1. The molecular weight excluding hydrogens is 716 g/mol. The minimum absolute atomic E-state index is 0.0808. The molecular formula is C38H55FN8O6S. The molecule has 0 aliphatic carbocycles. The highest BCUT2D eigenvalue weighted by Gasteiger charge is 2.48. The number of amides is 2. The van der Waals surface area contributed by atoms with E-state index in [4.69, 9.17) is 9.47 Å². The van der Waals surface area contributed by atoms with E-state index in [2.05, 4.69) is 19.8 Å². The van der Waals surface area contributed by atoms with Crippen LogP contribution in [0, 0.1) is 17.2 Å². The molecule has 0 saturated carbocycles. The summed E-state index contributed by atoms with van der Waals surface area (Å²) in [5, 5.41) is 0. The molecule has 4 fully saturated rings. The van der Waals surface area contributed by atoms with Crippen LogP contribution in [0.25, 0.3) is 0 Å². The summed E-state index contributed by atoms with van der Waals surface area (Å²) in [6.45, 7) is 14.9. The van der Waals surface area contributed by atoms with Crippen LogP contribution in [-0.2, 0) is 19.7 Å². The monoisotopic (exact) mass is 770 g/mol. The maximum atomic E-state index is 14.4. The first-order valence-corrected chi connectivity index (χ1v) is 20.5. The molecule has 1 aromatic heterocycles. The lowest BCUT2D eigenvalue weighted by atomic mass is 9.72. The summed E-state index contributed by atoms with van der Waals surface area (Å²) in [6, 6.07) is 3.84. The molecule has 5 heterocycles. The Labute approximate surface area is 319 Å². The molecule has 4 aliphatic rings. The molecule has 1 atom stereocenters. The fraction of sp³-hybridized carbons (Fsp3) is 0.632. The molecule has 296 valence electrons. The second-order valence-electron chi connectivity index (χ2n) is 15.6. The molecule has 2 aromatic rings. The van der Waals surface area contributed by atoms with Crippen LogP contribution in [-0.4, -0.2) is 151 Å². The van der Waals surface area contributed by atoms with Gasteiger partial charge in [-0.1, -0.05) is 6.08 Å². The first-order valence-electron chi connectivity index (χ1n) is 19.1. The van der Waals surface area contributed by atoms with Gasteiger partial charge in [-0.15, -0.1) is 0 Å². The maximum Gasteiger partial charge on any atom is 0.282 e. The van der Waals surface area contributed by atoms with E-state index in [0.717, 1.165) is 52.0 Å². The Hall–Kier alpha value is -3.70. The Balaban J connectivity index is 0.991. The van der Waals surface area contributed by atoms with E-state index in [1.165, 1.54) is 34.9 Å². The van der Waals surface area contributed by atoms with Gasteiger partial charge in [0.1, 0.15) is 17.9 Å². The van der Waals surface area contributed by atoms with E-state index < -0.39 is 16.0 Å². The van der Waals surface area contributed by atoms with Crippen LogP contribution in [0.5, 0.6) is 11.5 Å². The zero-order valence-corrected chi connectivity index (χ0v) is 33.0. The summed E-state index contributed by atoms with van der Waals surface area (Å²) in [5.41, 5.74) is 0.294. The molecule has 1 aromatic carbocycles. The number of ether oxygens (including phenoxy) is 2. The van der Waals surface area contributed by atoms with Crippen LogP contribution < -0.4 is 9.64 Å². The molecule has 4 aliphatic heterocycles. The third kappa shape index (κ3) is 8.88. The van der Waals surface area contributed by atoms with Gasteiger partial charge in [-0.05, 0) is 76.5 Å². The quantitative estimate of drug-likeness (QED) is 0.279. The summed E-state index contributed by atoms with van der Waals surface area (Å²) in [4.78, 5) is 42.8. The molecule has 0 bridgehead atoms. The number of carbonyl (C=O) groups excluding carboxylic acids is 2. The van der Waals surface area contributed by atoms with Gasteiger partial charge in [0.15, 0.2) is 11.6 Å². The highest BCUT2D eigenvalue weighted by Crippen LogP contribution is 2.42. The van der Waals surface area contributed by atoms with Gasteiger partial charge in [-0.25, -0.2) is 14.4 Å². The number of anilines is 1. The number of carbonyl (C=O) groups is 2. The van der Waals surface area contributed by atoms with Crippen molar-refractivity contribution in [2.75, 3.05) is 90.6 Å². The van der Waals surface area contributed by atoms with Crippen LogP contribution in [0.15, 0.2) is 42.9 Å². The van der Waals surface area contributed by atoms with E-state index in [1.54, 1.807) is 33.5 Å². The van der Waals surface area contributed by atoms with E-state index >= 15 is 0 Å². The van der Waals surface area contributed by atoms with Crippen molar-refractivity contribution in [2.45, 2.75) is 59.0 Å². The van der Waals surface area contributed by atoms with Gasteiger partial charge in [0.05, 0.1) is 18.4 Å². The van der Waals surface area contributed by atoms with Gasteiger partial charge in [-0.2, -0.15) is 17.0 Å². The molecule has 14 nitrogen and oxygen atoms in total. The second-order valence-corrected chi connectivity index (χ2v) is 17.5. The van der Waals surface area contributed by atoms with Gasteiger partial charge in [0.25, 0.3) is 16.1 Å². The molecule has 2 amide bonds. The van der Waals surface area contributed by atoms with Crippen molar-refractivity contribution in [1.82, 2.24) is 33.3 Å². The highest BCUT2D eigenvalue weighted by molar-refractivity contribution is 7.86. The van der Waals surface area contributed by atoms with Crippen LogP contribution >= 0.6 is 0 Å². The maximum absolute atomic E-state index is 14.4. The number of aromatic nitrogens is 2. The van der Waals surface area contributed by atoms with Gasteiger partial charge < -0.3 is 29.1 Å². The summed E-state index contributed by atoms with van der Waals surface area (Å²) in [6.07, 6.45) is 8.89. The zero-order chi connectivity index (χ0) is 38.6. The summed E-state index contributed by atoms with van der Waals surface area (Å²) >= 11 is 0. The highest BCUT2D eigenvalue weighted by atomic mass is 32.2. The fourth-order valence-electron chi connectivity index (χ4n) is 8.43. The number of rotatable bonds is 13. The number of nitrogens with zero attached hydrogens (tertiary/aromatic N) is 8. The first-order chi connectivity index (χ1) is 25.8. The van der Waals surface area contributed by atoms with Crippen LogP contribution in [0.1, 0.15) is 57.3 Å². The lowest BCUT2D eigenvalue weighted by Gasteiger charge is -2.54. The Kier molecular flexibility index (Phi) is 12.6. The molecule has 1 spiro atoms. The Morgan fingerprint density at radius 3 is 2.35 bits per heavy atom. The first kappa shape index (κ1) is 40.0. The van der Waals surface area contributed by atoms with Crippen molar-refractivity contribution in [3.05, 3.63) is 54.3 Å². The largest absolute Gasteiger partial charge is 0.451 e. The molecule has 4 saturated heterocycles. The predicted molar refractivity (Wildman–Crippen MR) is 203 cm³/mol. The second kappa shape index (κ2) is 17.0. The van der Waals surface area contributed by atoms with Gasteiger partial charge in [-0.3, -0.25) is 9.59 Å². The van der Waals surface area contributed by atoms with E-state index in [-0.39, 0.29) is 40.6 Å². The van der Waals surface area contributed by atoms with Crippen LogP contribution in [0.4, 0.5) is 10.2 Å². The average molecular weight is 771 g/mol. The molecule has 6 rings (SSSR count). The minimum atomic E-state index is -3.58. The normalized spacial score (nSPS) is 21.4. The van der Waals surface area contributed by atoms with E-state index in [1.807, 2.05) is 27.7 Å².